The van der Waals surface area contributed by atoms with E-state index in [4.69, 9.17) is 0 Å². The molecule has 0 spiro atoms. The van der Waals surface area contributed by atoms with Crippen molar-refractivity contribution in [3.8, 4) is 0 Å². The second-order valence-electron chi connectivity index (χ2n) is 5.71. The van der Waals surface area contributed by atoms with E-state index in [1.807, 2.05) is 0 Å². The summed E-state index contributed by atoms with van der Waals surface area (Å²) in [6.07, 6.45) is 1.12. The monoisotopic (exact) mass is 219 g/mol. The predicted molar refractivity (Wildman–Crippen MR) is 71.6 cm³/mol. The molecule has 1 unspecified atom stereocenters. The molecule has 1 N–H and O–H groups in total. The van der Waals surface area contributed by atoms with Crippen molar-refractivity contribution >= 4 is 0 Å². The maximum absolute atomic E-state index is 3.54. The van der Waals surface area contributed by atoms with Crippen LogP contribution in [0.5, 0.6) is 0 Å². The van der Waals surface area contributed by atoms with Crippen molar-refractivity contribution in [2.75, 3.05) is 13.1 Å². The number of benzene rings is 1. The third kappa shape index (κ3) is 4.80. The summed E-state index contributed by atoms with van der Waals surface area (Å²) < 4.78 is 0. The fourth-order valence-corrected chi connectivity index (χ4v) is 1.50. The summed E-state index contributed by atoms with van der Waals surface area (Å²) in [5.74, 6) is 0.711. The number of rotatable bonds is 5. The van der Waals surface area contributed by atoms with Crippen molar-refractivity contribution in [3.05, 3.63) is 35.9 Å². The molecule has 0 aliphatic heterocycles. The smallest absolute Gasteiger partial charge is 0.000823 e. The molecule has 1 atom stereocenters. The molecule has 1 aromatic carbocycles. The van der Waals surface area contributed by atoms with Gasteiger partial charge in [0.2, 0.25) is 0 Å². The van der Waals surface area contributed by atoms with Gasteiger partial charge < -0.3 is 5.32 Å². The first-order valence-corrected chi connectivity index (χ1v) is 6.25. The second-order valence-corrected chi connectivity index (χ2v) is 5.71. The number of hydrogen-bond donors (Lipinski definition) is 1. The minimum absolute atomic E-state index is 0.403. The Bertz CT molecular complexity index is 284. The summed E-state index contributed by atoms with van der Waals surface area (Å²) in [7, 11) is 0. The Morgan fingerprint density at radius 2 is 1.75 bits per heavy atom. The van der Waals surface area contributed by atoms with E-state index in [1.54, 1.807) is 0 Å². The summed E-state index contributed by atoms with van der Waals surface area (Å²) in [4.78, 5) is 0. The van der Waals surface area contributed by atoms with Crippen molar-refractivity contribution < 1.29 is 0 Å². The van der Waals surface area contributed by atoms with Gasteiger partial charge in [0.1, 0.15) is 0 Å². The Balaban J connectivity index is 2.18. The molecular formula is C15H25N. The minimum atomic E-state index is 0.403. The zero-order valence-corrected chi connectivity index (χ0v) is 11.1. The Labute approximate surface area is 100 Å². The lowest BCUT2D eigenvalue weighted by Crippen LogP contribution is -2.30. The molecule has 1 rings (SSSR count). The number of nitrogens with one attached hydrogen (secondary N) is 1. The van der Waals surface area contributed by atoms with Crippen molar-refractivity contribution in [1.82, 2.24) is 5.32 Å². The fourth-order valence-electron chi connectivity index (χ4n) is 1.50. The van der Waals surface area contributed by atoms with Gasteiger partial charge in [-0.2, -0.15) is 0 Å². The van der Waals surface area contributed by atoms with Crippen LogP contribution in [-0.2, 0) is 6.42 Å². The van der Waals surface area contributed by atoms with E-state index in [-0.39, 0.29) is 0 Å². The molecule has 0 fully saturated rings. The normalized spacial score (nSPS) is 13.8. The largest absolute Gasteiger partial charge is 0.316 e. The third-order valence-corrected chi connectivity index (χ3v) is 3.36. The van der Waals surface area contributed by atoms with Gasteiger partial charge in [0.25, 0.3) is 0 Å². The summed E-state index contributed by atoms with van der Waals surface area (Å²) >= 11 is 0. The van der Waals surface area contributed by atoms with Crippen LogP contribution in [0.3, 0.4) is 0 Å². The van der Waals surface area contributed by atoms with E-state index in [1.165, 1.54) is 5.56 Å². The minimum Gasteiger partial charge on any atom is -0.316 e. The summed E-state index contributed by atoms with van der Waals surface area (Å²) in [6, 6.07) is 10.7. The molecule has 0 aliphatic carbocycles. The van der Waals surface area contributed by atoms with Crippen molar-refractivity contribution in [3.63, 3.8) is 0 Å². The van der Waals surface area contributed by atoms with Crippen LogP contribution < -0.4 is 5.32 Å². The van der Waals surface area contributed by atoms with E-state index < -0.39 is 0 Å². The van der Waals surface area contributed by atoms with Crippen LogP contribution in [0.25, 0.3) is 0 Å². The summed E-state index contributed by atoms with van der Waals surface area (Å²) in [6.45, 7) is 11.4. The lowest BCUT2D eigenvalue weighted by Gasteiger charge is -2.27. The van der Waals surface area contributed by atoms with E-state index in [0.29, 0.717) is 11.3 Å². The molecule has 0 radical (unpaired) electrons. The van der Waals surface area contributed by atoms with Gasteiger partial charge in [-0.05, 0) is 36.4 Å². The molecule has 0 aliphatic rings. The Morgan fingerprint density at radius 1 is 1.12 bits per heavy atom. The van der Waals surface area contributed by atoms with Gasteiger partial charge in [-0.15, -0.1) is 0 Å². The first-order chi connectivity index (χ1) is 7.50. The van der Waals surface area contributed by atoms with E-state index in [2.05, 4.69) is 63.3 Å². The van der Waals surface area contributed by atoms with Gasteiger partial charge >= 0.3 is 0 Å². The molecule has 0 aromatic heterocycles. The fraction of sp³-hybridized carbons (Fsp3) is 0.600. The van der Waals surface area contributed by atoms with E-state index in [9.17, 15) is 0 Å². The van der Waals surface area contributed by atoms with Crippen LogP contribution >= 0.6 is 0 Å². The van der Waals surface area contributed by atoms with Crippen LogP contribution in [0.1, 0.15) is 33.3 Å². The topological polar surface area (TPSA) is 12.0 Å². The Morgan fingerprint density at radius 3 is 2.31 bits per heavy atom. The van der Waals surface area contributed by atoms with E-state index in [0.717, 1.165) is 19.5 Å². The van der Waals surface area contributed by atoms with Crippen LogP contribution in [0.4, 0.5) is 0 Å². The van der Waals surface area contributed by atoms with Gasteiger partial charge in [-0.1, -0.05) is 58.0 Å². The molecular weight excluding hydrogens is 194 g/mol. The quantitative estimate of drug-likeness (QED) is 0.747. The zero-order chi connectivity index (χ0) is 12.0. The zero-order valence-electron chi connectivity index (χ0n) is 11.1. The highest BCUT2D eigenvalue weighted by atomic mass is 14.9. The molecule has 0 saturated carbocycles. The summed E-state index contributed by atoms with van der Waals surface area (Å²) in [5, 5.41) is 3.54. The first kappa shape index (κ1) is 13.2. The molecule has 16 heavy (non-hydrogen) atoms. The van der Waals surface area contributed by atoms with Crippen molar-refractivity contribution in [1.29, 1.82) is 0 Å². The van der Waals surface area contributed by atoms with Gasteiger partial charge in [-0.25, -0.2) is 0 Å². The Kier molecular flexibility index (Phi) is 5.01. The predicted octanol–water partition coefficient (Wildman–Crippen LogP) is 3.50. The average molecular weight is 219 g/mol. The molecule has 1 heteroatoms. The third-order valence-electron chi connectivity index (χ3n) is 3.36. The Hall–Kier alpha value is -0.820. The maximum Gasteiger partial charge on any atom is -0.000823 e. The van der Waals surface area contributed by atoms with Gasteiger partial charge in [0, 0.05) is 0 Å². The number of hydrogen-bond acceptors (Lipinski definition) is 1. The van der Waals surface area contributed by atoms with Gasteiger partial charge in [-0.3, -0.25) is 0 Å². The molecule has 1 aromatic rings. The van der Waals surface area contributed by atoms with Gasteiger partial charge in [0.15, 0.2) is 0 Å². The lowest BCUT2D eigenvalue weighted by atomic mass is 9.82. The van der Waals surface area contributed by atoms with Crippen LogP contribution in [0.15, 0.2) is 30.3 Å². The highest BCUT2D eigenvalue weighted by Crippen LogP contribution is 2.24. The highest BCUT2D eigenvalue weighted by molar-refractivity contribution is 5.14. The second kappa shape index (κ2) is 6.05. The summed E-state index contributed by atoms with van der Waals surface area (Å²) in [5.41, 5.74) is 1.82. The SMILES string of the molecule is CC(CNCCc1ccccc1)C(C)(C)C. The molecule has 0 heterocycles. The first-order valence-electron chi connectivity index (χ1n) is 6.25. The average Bonchev–Trinajstić information content (AvgIpc) is 2.24. The molecule has 1 nitrogen and oxygen atoms in total. The van der Waals surface area contributed by atoms with Crippen LogP contribution in [0.2, 0.25) is 0 Å². The molecule has 0 bridgehead atoms. The van der Waals surface area contributed by atoms with Crippen LogP contribution in [-0.4, -0.2) is 13.1 Å². The molecule has 0 amide bonds. The van der Waals surface area contributed by atoms with Gasteiger partial charge in [0.05, 0.1) is 0 Å². The highest BCUT2D eigenvalue weighted by Gasteiger charge is 2.18. The maximum atomic E-state index is 3.54. The molecule has 90 valence electrons. The standard InChI is InChI=1S/C15H25N/c1-13(15(2,3)4)12-16-11-10-14-8-6-5-7-9-14/h5-9,13,16H,10-12H2,1-4H3. The van der Waals surface area contributed by atoms with Crippen LogP contribution in [0, 0.1) is 11.3 Å². The van der Waals surface area contributed by atoms with E-state index >= 15 is 0 Å². The van der Waals surface area contributed by atoms with Crippen molar-refractivity contribution in [2.24, 2.45) is 11.3 Å². The lowest BCUT2D eigenvalue weighted by molar-refractivity contribution is 0.253. The van der Waals surface area contributed by atoms with Crippen molar-refractivity contribution in [2.45, 2.75) is 34.1 Å². The molecule has 0 saturated heterocycles.